The maximum Gasteiger partial charge on any atom is 0.254 e. The van der Waals surface area contributed by atoms with Crippen LogP contribution in [0, 0.1) is 11.7 Å². The molecule has 7 heteroatoms. The summed E-state index contributed by atoms with van der Waals surface area (Å²) in [5.74, 6) is -2.04. The van der Waals surface area contributed by atoms with Gasteiger partial charge >= 0.3 is 0 Å². The summed E-state index contributed by atoms with van der Waals surface area (Å²) in [6, 6.07) is 11.9. The molecule has 3 amide bonds. The summed E-state index contributed by atoms with van der Waals surface area (Å²) in [5.41, 5.74) is 1.16. The molecule has 6 nitrogen and oxygen atoms in total. The van der Waals surface area contributed by atoms with E-state index in [4.69, 9.17) is 0 Å². The van der Waals surface area contributed by atoms with Crippen molar-refractivity contribution in [1.29, 1.82) is 0 Å². The first-order valence-electron chi connectivity index (χ1n) is 10.5. The van der Waals surface area contributed by atoms with Crippen molar-refractivity contribution < 1.29 is 18.8 Å². The summed E-state index contributed by atoms with van der Waals surface area (Å²) in [7, 11) is 0. The van der Waals surface area contributed by atoms with E-state index in [1.807, 2.05) is 19.9 Å². The molecular formula is C24H30FN3O3. The Kier molecular flexibility index (Phi) is 8.73. The predicted molar refractivity (Wildman–Crippen MR) is 118 cm³/mol. The molecule has 0 aromatic heterocycles. The van der Waals surface area contributed by atoms with Crippen LogP contribution in [0.5, 0.6) is 0 Å². The van der Waals surface area contributed by atoms with Crippen LogP contribution < -0.4 is 16.0 Å². The molecule has 0 bridgehead atoms. The first-order valence-corrected chi connectivity index (χ1v) is 10.5. The number of amides is 3. The summed E-state index contributed by atoms with van der Waals surface area (Å²) in [4.78, 5) is 37.4. The van der Waals surface area contributed by atoms with E-state index in [1.54, 1.807) is 38.1 Å². The molecule has 3 N–H and O–H groups in total. The minimum Gasteiger partial charge on any atom is -0.350 e. The molecule has 0 fully saturated rings. The Balaban J connectivity index is 2.02. The largest absolute Gasteiger partial charge is 0.350 e. The summed E-state index contributed by atoms with van der Waals surface area (Å²) >= 11 is 0. The van der Waals surface area contributed by atoms with Gasteiger partial charge in [0.1, 0.15) is 11.9 Å². The molecule has 31 heavy (non-hydrogen) atoms. The fourth-order valence-electron chi connectivity index (χ4n) is 2.93. The second kappa shape index (κ2) is 11.2. The number of hydrogen-bond acceptors (Lipinski definition) is 3. The molecule has 166 valence electrons. The molecular weight excluding hydrogens is 397 g/mol. The van der Waals surface area contributed by atoms with E-state index in [-0.39, 0.29) is 35.9 Å². The topological polar surface area (TPSA) is 87.3 Å². The van der Waals surface area contributed by atoms with Crippen molar-refractivity contribution in [1.82, 2.24) is 16.0 Å². The average molecular weight is 428 g/mol. The number of carbonyl (C=O) groups is 3. The summed E-state index contributed by atoms with van der Waals surface area (Å²) in [6.45, 7) is 7.72. The van der Waals surface area contributed by atoms with Crippen LogP contribution in [0.2, 0.25) is 0 Å². The van der Waals surface area contributed by atoms with Gasteiger partial charge in [0.2, 0.25) is 5.91 Å². The number of hydrogen-bond donors (Lipinski definition) is 3. The van der Waals surface area contributed by atoms with Gasteiger partial charge in [0.05, 0.1) is 5.56 Å². The standard InChI is InChI=1S/C24H30FN3O3/c1-5-16(4)27-22(29)18-10-8-9-17(13-18)14-26-24(31)21(15(2)3)28-23(30)19-11-6-7-12-20(19)25/h6-13,15-16,21H,5,14H2,1-4H3,(H,26,31)(H,27,29)(H,28,30). The molecule has 0 heterocycles. The van der Waals surface area contributed by atoms with Crippen LogP contribution in [-0.4, -0.2) is 29.8 Å². The maximum absolute atomic E-state index is 13.9. The van der Waals surface area contributed by atoms with Gasteiger partial charge < -0.3 is 16.0 Å². The van der Waals surface area contributed by atoms with Crippen molar-refractivity contribution in [3.8, 4) is 0 Å². The minimum atomic E-state index is -0.830. The van der Waals surface area contributed by atoms with E-state index < -0.39 is 17.8 Å². The number of rotatable bonds is 9. The van der Waals surface area contributed by atoms with Gasteiger partial charge in [-0.2, -0.15) is 0 Å². The molecule has 0 saturated heterocycles. The van der Waals surface area contributed by atoms with Gasteiger partial charge in [-0.05, 0) is 49.1 Å². The molecule has 0 aliphatic heterocycles. The second-order valence-electron chi connectivity index (χ2n) is 7.88. The van der Waals surface area contributed by atoms with Crippen LogP contribution in [0.1, 0.15) is 60.4 Å². The van der Waals surface area contributed by atoms with Gasteiger partial charge in [-0.25, -0.2) is 4.39 Å². The Hall–Kier alpha value is -3.22. The van der Waals surface area contributed by atoms with Crippen molar-refractivity contribution in [2.45, 2.75) is 52.7 Å². The van der Waals surface area contributed by atoms with Gasteiger partial charge in [-0.15, -0.1) is 0 Å². The monoisotopic (exact) mass is 427 g/mol. The third-order valence-corrected chi connectivity index (χ3v) is 5.00. The highest BCUT2D eigenvalue weighted by Gasteiger charge is 2.25. The number of benzene rings is 2. The lowest BCUT2D eigenvalue weighted by molar-refractivity contribution is -0.124. The minimum absolute atomic E-state index is 0.0701. The van der Waals surface area contributed by atoms with Gasteiger partial charge in [0, 0.05) is 18.2 Å². The number of carbonyl (C=O) groups excluding carboxylic acids is 3. The highest BCUT2D eigenvalue weighted by atomic mass is 19.1. The van der Waals surface area contributed by atoms with Crippen LogP contribution in [0.4, 0.5) is 4.39 Å². The van der Waals surface area contributed by atoms with E-state index in [0.717, 1.165) is 12.0 Å². The first-order chi connectivity index (χ1) is 14.7. The van der Waals surface area contributed by atoms with E-state index >= 15 is 0 Å². The highest BCUT2D eigenvalue weighted by Crippen LogP contribution is 2.10. The molecule has 0 aliphatic carbocycles. The van der Waals surface area contributed by atoms with E-state index in [1.165, 1.54) is 18.2 Å². The molecule has 2 aromatic carbocycles. The third kappa shape index (κ3) is 6.91. The summed E-state index contributed by atoms with van der Waals surface area (Å²) in [6.07, 6.45) is 0.830. The Morgan fingerprint density at radius 1 is 0.935 bits per heavy atom. The van der Waals surface area contributed by atoms with E-state index in [0.29, 0.717) is 5.56 Å². The van der Waals surface area contributed by atoms with Crippen LogP contribution in [0.25, 0.3) is 0 Å². The zero-order valence-corrected chi connectivity index (χ0v) is 18.4. The summed E-state index contributed by atoms with van der Waals surface area (Å²) < 4.78 is 13.9. The first kappa shape index (κ1) is 24.1. The van der Waals surface area contributed by atoms with Gasteiger partial charge in [0.25, 0.3) is 11.8 Å². The van der Waals surface area contributed by atoms with Gasteiger partial charge in [0.15, 0.2) is 0 Å². The molecule has 0 spiro atoms. The zero-order chi connectivity index (χ0) is 23.0. The lowest BCUT2D eigenvalue weighted by Gasteiger charge is -2.22. The Morgan fingerprint density at radius 2 is 1.65 bits per heavy atom. The average Bonchev–Trinajstić information content (AvgIpc) is 2.75. The predicted octanol–water partition coefficient (Wildman–Crippen LogP) is 3.42. The number of halogens is 1. The van der Waals surface area contributed by atoms with Crippen molar-refractivity contribution in [2.75, 3.05) is 0 Å². The SMILES string of the molecule is CCC(C)NC(=O)c1cccc(CNC(=O)C(NC(=O)c2ccccc2F)C(C)C)c1. The Labute approximate surface area is 182 Å². The smallest absolute Gasteiger partial charge is 0.254 e. The third-order valence-electron chi connectivity index (χ3n) is 5.00. The van der Waals surface area contributed by atoms with Gasteiger partial charge in [-0.1, -0.05) is 45.0 Å². The van der Waals surface area contributed by atoms with Crippen molar-refractivity contribution in [3.63, 3.8) is 0 Å². The van der Waals surface area contributed by atoms with E-state index in [2.05, 4.69) is 16.0 Å². The van der Waals surface area contributed by atoms with Crippen molar-refractivity contribution >= 4 is 17.7 Å². The lowest BCUT2D eigenvalue weighted by atomic mass is 10.0. The van der Waals surface area contributed by atoms with Crippen molar-refractivity contribution in [2.24, 2.45) is 5.92 Å². The molecule has 2 atom stereocenters. The highest BCUT2D eigenvalue weighted by molar-refractivity contribution is 5.98. The lowest BCUT2D eigenvalue weighted by Crippen LogP contribution is -2.49. The molecule has 0 saturated carbocycles. The molecule has 0 radical (unpaired) electrons. The van der Waals surface area contributed by atoms with Crippen molar-refractivity contribution in [3.05, 3.63) is 71.0 Å². The Bertz CT molecular complexity index is 930. The molecule has 2 unspecified atom stereocenters. The summed E-state index contributed by atoms with van der Waals surface area (Å²) in [5, 5.41) is 8.31. The van der Waals surface area contributed by atoms with Crippen LogP contribution in [0.15, 0.2) is 48.5 Å². The second-order valence-corrected chi connectivity index (χ2v) is 7.88. The van der Waals surface area contributed by atoms with Crippen LogP contribution in [0.3, 0.4) is 0 Å². The normalized spacial score (nSPS) is 12.7. The van der Waals surface area contributed by atoms with E-state index in [9.17, 15) is 18.8 Å². The zero-order valence-electron chi connectivity index (χ0n) is 18.4. The number of nitrogens with one attached hydrogen (secondary N) is 3. The molecule has 2 rings (SSSR count). The Morgan fingerprint density at radius 3 is 2.29 bits per heavy atom. The van der Waals surface area contributed by atoms with Crippen LogP contribution >= 0.6 is 0 Å². The quantitative estimate of drug-likeness (QED) is 0.573. The molecule has 2 aromatic rings. The van der Waals surface area contributed by atoms with Gasteiger partial charge in [-0.3, -0.25) is 14.4 Å². The molecule has 0 aliphatic rings. The maximum atomic E-state index is 13.9. The van der Waals surface area contributed by atoms with Crippen LogP contribution in [-0.2, 0) is 11.3 Å². The fraction of sp³-hybridized carbons (Fsp3) is 0.375. The fourth-order valence-corrected chi connectivity index (χ4v) is 2.93.